The second-order valence-electron chi connectivity index (χ2n) is 3.30. The lowest BCUT2D eigenvalue weighted by atomic mass is 9.90. The molecule has 4 heteroatoms. The summed E-state index contributed by atoms with van der Waals surface area (Å²) in [7, 11) is 0. The van der Waals surface area contributed by atoms with Gasteiger partial charge in [0.1, 0.15) is 6.10 Å². The Morgan fingerprint density at radius 2 is 2.33 bits per heavy atom. The molecule has 0 heterocycles. The SMILES string of the molecule is CCOC(=O)C(C)C1=CC=CC(=O)C1O. The van der Waals surface area contributed by atoms with Gasteiger partial charge in [-0.2, -0.15) is 0 Å². The number of allylic oxidation sites excluding steroid dienone is 2. The Bertz CT molecular complexity index is 327. The molecule has 82 valence electrons. The van der Waals surface area contributed by atoms with E-state index in [2.05, 4.69) is 0 Å². The number of carbonyl (C=O) groups excluding carboxylic acids is 2. The Morgan fingerprint density at radius 1 is 1.67 bits per heavy atom. The van der Waals surface area contributed by atoms with Gasteiger partial charge in [-0.1, -0.05) is 12.2 Å². The number of hydrogen-bond donors (Lipinski definition) is 1. The first-order valence-corrected chi connectivity index (χ1v) is 4.84. The summed E-state index contributed by atoms with van der Waals surface area (Å²) in [6.07, 6.45) is 3.18. The normalized spacial score (nSPS) is 22.2. The van der Waals surface area contributed by atoms with Crippen LogP contribution in [0.15, 0.2) is 23.8 Å². The van der Waals surface area contributed by atoms with E-state index in [4.69, 9.17) is 4.74 Å². The number of hydrogen-bond acceptors (Lipinski definition) is 4. The monoisotopic (exact) mass is 210 g/mol. The van der Waals surface area contributed by atoms with E-state index in [1.54, 1.807) is 19.9 Å². The van der Waals surface area contributed by atoms with E-state index in [1.165, 1.54) is 12.2 Å². The third-order valence-corrected chi connectivity index (χ3v) is 2.27. The molecule has 4 nitrogen and oxygen atoms in total. The zero-order chi connectivity index (χ0) is 11.4. The van der Waals surface area contributed by atoms with E-state index >= 15 is 0 Å². The number of ether oxygens (including phenoxy) is 1. The van der Waals surface area contributed by atoms with Gasteiger partial charge in [-0.05, 0) is 25.5 Å². The quantitative estimate of drug-likeness (QED) is 0.693. The Morgan fingerprint density at radius 3 is 2.93 bits per heavy atom. The number of rotatable bonds is 3. The standard InChI is InChI=1S/C11H14O4/c1-3-15-11(14)7(2)8-5-4-6-9(12)10(8)13/h4-7,10,13H,3H2,1-2H3. The molecule has 2 unspecified atom stereocenters. The fraction of sp³-hybridized carbons (Fsp3) is 0.455. The molecular weight excluding hydrogens is 196 g/mol. The van der Waals surface area contributed by atoms with Crippen molar-refractivity contribution in [1.82, 2.24) is 0 Å². The number of ketones is 1. The lowest BCUT2D eigenvalue weighted by molar-refractivity contribution is -0.146. The number of carbonyl (C=O) groups is 2. The second-order valence-corrected chi connectivity index (χ2v) is 3.30. The van der Waals surface area contributed by atoms with Gasteiger partial charge in [-0.15, -0.1) is 0 Å². The minimum atomic E-state index is -1.21. The summed E-state index contributed by atoms with van der Waals surface area (Å²) in [5.41, 5.74) is 0.390. The molecule has 2 atom stereocenters. The summed E-state index contributed by atoms with van der Waals surface area (Å²) < 4.78 is 4.81. The molecule has 0 saturated heterocycles. The van der Waals surface area contributed by atoms with Gasteiger partial charge in [0.05, 0.1) is 12.5 Å². The van der Waals surface area contributed by atoms with Gasteiger partial charge in [-0.3, -0.25) is 9.59 Å². The van der Waals surface area contributed by atoms with Crippen LogP contribution in [0.25, 0.3) is 0 Å². The van der Waals surface area contributed by atoms with Crippen LogP contribution in [-0.4, -0.2) is 29.6 Å². The summed E-state index contributed by atoms with van der Waals surface area (Å²) in [6.45, 7) is 3.61. The number of esters is 1. The molecule has 0 aromatic carbocycles. The molecular formula is C11H14O4. The fourth-order valence-electron chi connectivity index (χ4n) is 1.39. The van der Waals surface area contributed by atoms with E-state index in [-0.39, 0.29) is 6.61 Å². The predicted octanol–water partition coefficient (Wildman–Crippen LogP) is 0.612. The Balaban J connectivity index is 2.79. The maximum Gasteiger partial charge on any atom is 0.312 e. The molecule has 0 aromatic heterocycles. The number of aliphatic hydroxyl groups excluding tert-OH is 1. The Kier molecular flexibility index (Phi) is 3.80. The van der Waals surface area contributed by atoms with Gasteiger partial charge in [0.15, 0.2) is 5.78 Å². The summed E-state index contributed by atoms with van der Waals surface area (Å²) >= 11 is 0. The van der Waals surface area contributed by atoms with Gasteiger partial charge in [0.2, 0.25) is 0 Å². The van der Waals surface area contributed by atoms with Crippen molar-refractivity contribution < 1.29 is 19.4 Å². The van der Waals surface area contributed by atoms with Crippen molar-refractivity contribution in [2.45, 2.75) is 20.0 Å². The van der Waals surface area contributed by atoms with Crippen LogP contribution >= 0.6 is 0 Å². The van der Waals surface area contributed by atoms with E-state index in [0.29, 0.717) is 5.57 Å². The third-order valence-electron chi connectivity index (χ3n) is 2.27. The van der Waals surface area contributed by atoms with Crippen LogP contribution in [0.3, 0.4) is 0 Å². The summed E-state index contributed by atoms with van der Waals surface area (Å²) in [4.78, 5) is 22.5. The van der Waals surface area contributed by atoms with Crippen molar-refractivity contribution in [3.63, 3.8) is 0 Å². The first-order valence-electron chi connectivity index (χ1n) is 4.84. The first-order chi connectivity index (χ1) is 7.07. The van der Waals surface area contributed by atoms with Gasteiger partial charge < -0.3 is 9.84 Å². The molecule has 0 saturated carbocycles. The van der Waals surface area contributed by atoms with Crippen molar-refractivity contribution in [1.29, 1.82) is 0 Å². The molecule has 15 heavy (non-hydrogen) atoms. The molecule has 0 aromatic rings. The van der Waals surface area contributed by atoms with Crippen LogP contribution in [0.5, 0.6) is 0 Å². The fourth-order valence-corrected chi connectivity index (χ4v) is 1.39. The maximum atomic E-state index is 11.4. The summed E-state index contributed by atoms with van der Waals surface area (Å²) in [5.74, 6) is -1.41. The van der Waals surface area contributed by atoms with Crippen molar-refractivity contribution in [2.24, 2.45) is 5.92 Å². The van der Waals surface area contributed by atoms with E-state index in [1.807, 2.05) is 0 Å². The van der Waals surface area contributed by atoms with E-state index in [0.717, 1.165) is 0 Å². The van der Waals surface area contributed by atoms with Crippen LogP contribution in [0.2, 0.25) is 0 Å². The van der Waals surface area contributed by atoms with Crippen LogP contribution in [0.4, 0.5) is 0 Å². The minimum absolute atomic E-state index is 0.288. The van der Waals surface area contributed by atoms with E-state index in [9.17, 15) is 14.7 Å². The van der Waals surface area contributed by atoms with Crippen molar-refractivity contribution in [2.75, 3.05) is 6.61 Å². The van der Waals surface area contributed by atoms with Crippen molar-refractivity contribution >= 4 is 11.8 Å². The average molecular weight is 210 g/mol. The molecule has 0 aliphatic heterocycles. The average Bonchev–Trinajstić information content (AvgIpc) is 2.21. The highest BCUT2D eigenvalue weighted by atomic mass is 16.5. The third kappa shape index (κ3) is 2.53. The molecule has 0 fully saturated rings. The van der Waals surface area contributed by atoms with Crippen molar-refractivity contribution in [3.05, 3.63) is 23.8 Å². The Hall–Kier alpha value is -1.42. The topological polar surface area (TPSA) is 63.6 Å². The van der Waals surface area contributed by atoms with Gasteiger partial charge in [0.25, 0.3) is 0 Å². The molecule has 0 radical (unpaired) electrons. The summed E-state index contributed by atoms with van der Waals surface area (Å²) in [5, 5.41) is 9.55. The highest BCUT2D eigenvalue weighted by molar-refractivity contribution is 5.98. The van der Waals surface area contributed by atoms with Crippen LogP contribution in [0, 0.1) is 5.92 Å². The lowest BCUT2D eigenvalue weighted by Crippen LogP contribution is -2.30. The molecule has 1 aliphatic carbocycles. The van der Waals surface area contributed by atoms with Crippen LogP contribution in [0.1, 0.15) is 13.8 Å². The van der Waals surface area contributed by atoms with Gasteiger partial charge >= 0.3 is 5.97 Å². The molecule has 0 bridgehead atoms. The second kappa shape index (κ2) is 4.89. The smallest absolute Gasteiger partial charge is 0.312 e. The zero-order valence-electron chi connectivity index (χ0n) is 8.77. The number of aliphatic hydroxyl groups is 1. The molecule has 0 spiro atoms. The maximum absolute atomic E-state index is 11.4. The molecule has 1 N–H and O–H groups in total. The highest BCUT2D eigenvalue weighted by Crippen LogP contribution is 2.20. The first kappa shape index (κ1) is 11.7. The highest BCUT2D eigenvalue weighted by Gasteiger charge is 2.28. The van der Waals surface area contributed by atoms with Crippen molar-refractivity contribution in [3.8, 4) is 0 Å². The predicted molar refractivity (Wildman–Crippen MR) is 54.0 cm³/mol. The molecule has 0 amide bonds. The molecule has 1 rings (SSSR count). The Labute approximate surface area is 88.2 Å². The van der Waals surface area contributed by atoms with Crippen LogP contribution in [-0.2, 0) is 14.3 Å². The minimum Gasteiger partial charge on any atom is -0.466 e. The molecule has 1 aliphatic rings. The lowest BCUT2D eigenvalue weighted by Gasteiger charge is -2.19. The van der Waals surface area contributed by atoms with Gasteiger partial charge in [-0.25, -0.2) is 0 Å². The zero-order valence-corrected chi connectivity index (χ0v) is 8.77. The summed E-state index contributed by atoms with van der Waals surface area (Å²) in [6, 6.07) is 0. The van der Waals surface area contributed by atoms with Gasteiger partial charge in [0, 0.05) is 0 Å². The van der Waals surface area contributed by atoms with E-state index < -0.39 is 23.8 Å². The van der Waals surface area contributed by atoms with Crippen LogP contribution < -0.4 is 0 Å². The largest absolute Gasteiger partial charge is 0.466 e.